The highest BCUT2D eigenvalue weighted by Gasteiger charge is 2.28. The van der Waals surface area contributed by atoms with Gasteiger partial charge in [-0.1, -0.05) is 0 Å². The molecule has 3 amide bonds. The van der Waals surface area contributed by atoms with E-state index in [-0.39, 0.29) is 18.5 Å². The molecule has 21 heavy (non-hydrogen) atoms. The van der Waals surface area contributed by atoms with Gasteiger partial charge < -0.3 is 9.88 Å². The predicted molar refractivity (Wildman–Crippen MR) is 76.7 cm³/mol. The Balaban J connectivity index is 1.51. The Morgan fingerprint density at radius 3 is 2.71 bits per heavy atom. The van der Waals surface area contributed by atoms with Crippen molar-refractivity contribution in [3.05, 3.63) is 17.2 Å². The van der Waals surface area contributed by atoms with Crippen LogP contribution in [0.4, 0.5) is 4.79 Å². The van der Waals surface area contributed by atoms with Crippen molar-refractivity contribution in [1.29, 1.82) is 0 Å². The lowest BCUT2D eigenvalue weighted by Gasteiger charge is -2.28. The van der Waals surface area contributed by atoms with Crippen LogP contribution in [-0.2, 0) is 17.9 Å². The minimum Gasteiger partial charge on any atom is -0.330 e. The number of amides is 3. The van der Waals surface area contributed by atoms with Crippen molar-refractivity contribution < 1.29 is 9.59 Å². The Kier molecular flexibility index (Phi) is 3.67. The molecule has 0 saturated carbocycles. The molecule has 3 rings (SSSR count). The Morgan fingerprint density at radius 1 is 1.19 bits per heavy atom. The van der Waals surface area contributed by atoms with Gasteiger partial charge in [-0.15, -0.1) is 0 Å². The van der Waals surface area contributed by atoms with Crippen molar-refractivity contribution in [1.82, 2.24) is 24.7 Å². The van der Waals surface area contributed by atoms with Crippen LogP contribution in [0.1, 0.15) is 23.6 Å². The SMILES string of the molecule is Cc1nc2n(c1C)CCN(CCCN1C(=O)CNC1=O)C2. The third kappa shape index (κ3) is 2.65. The predicted octanol–water partition coefficient (Wildman–Crippen LogP) is 0.257. The molecule has 0 aliphatic carbocycles. The number of fused-ring (bicyclic) bond motifs is 1. The number of carbonyl (C=O) groups excluding carboxylic acids is 2. The van der Waals surface area contributed by atoms with Crippen molar-refractivity contribution in [3.8, 4) is 0 Å². The first-order valence-electron chi connectivity index (χ1n) is 7.39. The molecule has 1 saturated heterocycles. The molecular formula is C14H21N5O2. The van der Waals surface area contributed by atoms with E-state index < -0.39 is 0 Å². The third-order valence-electron chi connectivity index (χ3n) is 4.33. The molecule has 0 aromatic carbocycles. The van der Waals surface area contributed by atoms with Gasteiger partial charge in [-0.3, -0.25) is 14.6 Å². The maximum Gasteiger partial charge on any atom is 0.324 e. The first-order valence-corrected chi connectivity index (χ1v) is 7.39. The molecule has 1 aromatic rings. The van der Waals surface area contributed by atoms with Crippen LogP contribution < -0.4 is 5.32 Å². The molecule has 7 nitrogen and oxygen atoms in total. The highest BCUT2D eigenvalue weighted by atomic mass is 16.2. The number of nitrogens with zero attached hydrogens (tertiary/aromatic N) is 4. The fourth-order valence-corrected chi connectivity index (χ4v) is 2.99. The van der Waals surface area contributed by atoms with E-state index in [1.165, 1.54) is 10.6 Å². The molecular weight excluding hydrogens is 270 g/mol. The van der Waals surface area contributed by atoms with Crippen LogP contribution in [0.5, 0.6) is 0 Å². The Bertz CT molecular complexity index is 564. The minimum atomic E-state index is -0.263. The molecule has 3 heterocycles. The molecule has 2 aliphatic rings. The van der Waals surface area contributed by atoms with Gasteiger partial charge in [-0.05, 0) is 20.3 Å². The average molecular weight is 291 g/mol. The van der Waals surface area contributed by atoms with Crippen LogP contribution >= 0.6 is 0 Å². The number of imidazole rings is 1. The van der Waals surface area contributed by atoms with Gasteiger partial charge in [0, 0.05) is 31.9 Å². The van der Waals surface area contributed by atoms with E-state index in [4.69, 9.17) is 0 Å². The second kappa shape index (κ2) is 5.48. The summed E-state index contributed by atoms with van der Waals surface area (Å²) in [6.45, 7) is 8.46. The average Bonchev–Trinajstić information content (AvgIpc) is 2.92. The van der Waals surface area contributed by atoms with Gasteiger partial charge in [-0.25, -0.2) is 9.78 Å². The first kappa shape index (κ1) is 14.1. The molecule has 1 fully saturated rings. The number of hydrogen-bond donors (Lipinski definition) is 1. The van der Waals surface area contributed by atoms with Crippen molar-refractivity contribution >= 4 is 11.9 Å². The van der Waals surface area contributed by atoms with Gasteiger partial charge in [0.05, 0.1) is 18.8 Å². The van der Waals surface area contributed by atoms with Crippen LogP contribution in [-0.4, -0.2) is 57.5 Å². The summed E-state index contributed by atoms with van der Waals surface area (Å²) in [5.74, 6) is 0.992. The number of hydrogen-bond acceptors (Lipinski definition) is 4. The first-order chi connectivity index (χ1) is 10.1. The summed E-state index contributed by atoms with van der Waals surface area (Å²) in [6.07, 6.45) is 0.803. The molecule has 0 bridgehead atoms. The molecule has 7 heteroatoms. The number of aromatic nitrogens is 2. The minimum absolute atomic E-state index is 0.125. The number of imide groups is 1. The highest BCUT2D eigenvalue weighted by molar-refractivity contribution is 6.01. The lowest BCUT2D eigenvalue weighted by molar-refractivity contribution is -0.125. The van der Waals surface area contributed by atoms with E-state index in [0.717, 1.165) is 44.1 Å². The largest absolute Gasteiger partial charge is 0.330 e. The van der Waals surface area contributed by atoms with Crippen LogP contribution in [0, 0.1) is 13.8 Å². The summed E-state index contributed by atoms with van der Waals surface area (Å²) in [6, 6.07) is -0.263. The van der Waals surface area contributed by atoms with E-state index in [1.54, 1.807) is 0 Å². The van der Waals surface area contributed by atoms with Gasteiger partial charge in [0.1, 0.15) is 5.82 Å². The van der Waals surface area contributed by atoms with Gasteiger partial charge in [0.15, 0.2) is 0 Å². The van der Waals surface area contributed by atoms with Gasteiger partial charge in [-0.2, -0.15) is 0 Å². The molecule has 114 valence electrons. The maximum absolute atomic E-state index is 11.5. The monoisotopic (exact) mass is 291 g/mol. The zero-order valence-corrected chi connectivity index (χ0v) is 12.6. The number of nitrogens with one attached hydrogen (secondary N) is 1. The second-order valence-corrected chi connectivity index (χ2v) is 5.68. The second-order valence-electron chi connectivity index (χ2n) is 5.68. The lowest BCUT2D eigenvalue weighted by atomic mass is 10.3. The molecule has 1 aromatic heterocycles. The molecule has 0 radical (unpaired) electrons. The molecule has 0 atom stereocenters. The topological polar surface area (TPSA) is 70.5 Å². The van der Waals surface area contributed by atoms with E-state index >= 15 is 0 Å². The summed E-state index contributed by atoms with van der Waals surface area (Å²) < 4.78 is 2.28. The van der Waals surface area contributed by atoms with Crippen molar-refractivity contribution in [2.75, 3.05) is 26.2 Å². The van der Waals surface area contributed by atoms with E-state index in [9.17, 15) is 9.59 Å². The van der Waals surface area contributed by atoms with Crippen LogP contribution in [0.15, 0.2) is 0 Å². The van der Waals surface area contributed by atoms with Crippen LogP contribution in [0.2, 0.25) is 0 Å². The molecule has 0 spiro atoms. The van der Waals surface area contributed by atoms with E-state index in [0.29, 0.717) is 6.54 Å². The fraction of sp³-hybridized carbons (Fsp3) is 0.643. The quantitative estimate of drug-likeness (QED) is 0.808. The van der Waals surface area contributed by atoms with Crippen LogP contribution in [0.25, 0.3) is 0 Å². The standard InChI is InChI=1S/C14H21N5O2/c1-10-11(2)18-7-6-17(9-12(18)16-10)4-3-5-19-13(20)8-15-14(19)21/h3-9H2,1-2H3,(H,15,21). The smallest absolute Gasteiger partial charge is 0.324 e. The molecule has 0 unspecified atom stereocenters. The normalized spacial score (nSPS) is 19.0. The van der Waals surface area contributed by atoms with E-state index in [1.807, 2.05) is 6.92 Å². The van der Waals surface area contributed by atoms with Crippen molar-refractivity contribution in [2.24, 2.45) is 0 Å². The summed E-state index contributed by atoms with van der Waals surface area (Å²) in [5.41, 5.74) is 2.36. The summed E-state index contributed by atoms with van der Waals surface area (Å²) in [7, 11) is 0. The molecule has 1 N–H and O–H groups in total. The van der Waals surface area contributed by atoms with Gasteiger partial charge >= 0.3 is 6.03 Å². The van der Waals surface area contributed by atoms with E-state index in [2.05, 4.69) is 26.7 Å². The summed E-state index contributed by atoms with van der Waals surface area (Å²) in [4.78, 5) is 31.2. The van der Waals surface area contributed by atoms with Gasteiger partial charge in [0.2, 0.25) is 5.91 Å². The van der Waals surface area contributed by atoms with Gasteiger partial charge in [0.25, 0.3) is 0 Å². The van der Waals surface area contributed by atoms with Crippen LogP contribution in [0.3, 0.4) is 0 Å². The Morgan fingerprint density at radius 2 is 2.00 bits per heavy atom. The lowest BCUT2D eigenvalue weighted by Crippen LogP contribution is -2.37. The Hall–Kier alpha value is -1.89. The highest BCUT2D eigenvalue weighted by Crippen LogP contribution is 2.17. The van der Waals surface area contributed by atoms with Crippen molar-refractivity contribution in [3.63, 3.8) is 0 Å². The number of rotatable bonds is 4. The summed E-state index contributed by atoms with van der Waals surface area (Å²) >= 11 is 0. The molecule has 2 aliphatic heterocycles. The zero-order chi connectivity index (χ0) is 15.0. The zero-order valence-electron chi connectivity index (χ0n) is 12.6. The number of carbonyl (C=O) groups is 2. The Labute approximate surface area is 123 Å². The maximum atomic E-state index is 11.5. The third-order valence-corrected chi connectivity index (χ3v) is 4.33. The summed E-state index contributed by atoms with van der Waals surface area (Å²) in [5, 5.41) is 2.54. The number of urea groups is 1. The fourth-order valence-electron chi connectivity index (χ4n) is 2.99. The number of aryl methyl sites for hydroxylation is 1. The van der Waals surface area contributed by atoms with Crippen molar-refractivity contribution in [2.45, 2.75) is 33.4 Å².